The highest BCUT2D eigenvalue weighted by atomic mass is 32.1. The zero-order chi connectivity index (χ0) is 10.5. The van der Waals surface area contributed by atoms with E-state index >= 15 is 0 Å². The molecule has 0 aliphatic rings. The third-order valence-corrected chi connectivity index (χ3v) is 2.94. The van der Waals surface area contributed by atoms with Gasteiger partial charge in [-0.05, 0) is 13.0 Å². The van der Waals surface area contributed by atoms with Crippen molar-refractivity contribution in [2.45, 2.75) is 19.4 Å². The molecule has 0 saturated heterocycles. The van der Waals surface area contributed by atoms with Crippen LogP contribution in [0.1, 0.15) is 24.4 Å². The molecular weight excluding hydrogens is 208 g/mol. The van der Waals surface area contributed by atoms with Crippen LogP contribution in [0.4, 0.5) is 0 Å². The lowest BCUT2D eigenvalue weighted by atomic mass is 10.2. The molecule has 0 aromatic carbocycles. The van der Waals surface area contributed by atoms with E-state index in [2.05, 4.69) is 32.8 Å². The van der Waals surface area contributed by atoms with Crippen molar-refractivity contribution in [3.8, 4) is 0 Å². The van der Waals surface area contributed by atoms with Crippen LogP contribution < -0.4 is 5.32 Å². The largest absolute Gasteiger partial charge is 0.308 e. The zero-order valence-electron chi connectivity index (χ0n) is 8.60. The molecule has 0 aliphatic carbocycles. The first-order chi connectivity index (χ1) is 7.36. The van der Waals surface area contributed by atoms with Crippen molar-refractivity contribution in [1.82, 2.24) is 20.5 Å². The van der Waals surface area contributed by atoms with Crippen LogP contribution in [0.5, 0.6) is 0 Å². The van der Waals surface area contributed by atoms with Gasteiger partial charge in [-0.1, -0.05) is 0 Å². The van der Waals surface area contributed by atoms with E-state index in [1.165, 1.54) is 0 Å². The number of thiazole rings is 1. The third kappa shape index (κ3) is 2.87. The highest BCUT2D eigenvalue weighted by Gasteiger charge is 2.05. The minimum atomic E-state index is 0.311. The monoisotopic (exact) mass is 222 g/mol. The van der Waals surface area contributed by atoms with Gasteiger partial charge in [0.1, 0.15) is 0 Å². The summed E-state index contributed by atoms with van der Waals surface area (Å²) in [4.78, 5) is 4.23. The van der Waals surface area contributed by atoms with Crippen molar-refractivity contribution in [3.05, 3.63) is 34.5 Å². The molecule has 1 atom stereocenters. The second kappa shape index (κ2) is 5.04. The highest BCUT2D eigenvalue weighted by molar-refractivity contribution is 7.07. The molecule has 0 aliphatic heterocycles. The van der Waals surface area contributed by atoms with Crippen LogP contribution >= 0.6 is 11.3 Å². The van der Waals surface area contributed by atoms with E-state index in [4.69, 9.17) is 0 Å². The van der Waals surface area contributed by atoms with Gasteiger partial charge in [0.05, 0.1) is 16.9 Å². The predicted molar refractivity (Wildman–Crippen MR) is 60.8 cm³/mol. The summed E-state index contributed by atoms with van der Waals surface area (Å²) in [5.41, 5.74) is 4.14. The Morgan fingerprint density at radius 2 is 2.53 bits per heavy atom. The molecule has 0 fully saturated rings. The lowest BCUT2D eigenvalue weighted by Gasteiger charge is -2.10. The van der Waals surface area contributed by atoms with Gasteiger partial charge < -0.3 is 5.32 Å². The number of nitrogens with zero attached hydrogens (tertiary/aromatic N) is 2. The zero-order valence-corrected chi connectivity index (χ0v) is 9.42. The molecule has 0 radical (unpaired) electrons. The van der Waals surface area contributed by atoms with Gasteiger partial charge in [-0.15, -0.1) is 11.3 Å². The quantitative estimate of drug-likeness (QED) is 0.810. The maximum atomic E-state index is 4.23. The number of rotatable bonds is 5. The first-order valence-electron chi connectivity index (χ1n) is 4.96. The van der Waals surface area contributed by atoms with Crippen molar-refractivity contribution < 1.29 is 0 Å². The molecule has 2 rings (SSSR count). The van der Waals surface area contributed by atoms with Gasteiger partial charge in [0.2, 0.25) is 0 Å². The van der Waals surface area contributed by atoms with Crippen LogP contribution in [0.3, 0.4) is 0 Å². The Labute approximate surface area is 92.8 Å². The maximum absolute atomic E-state index is 4.23. The Morgan fingerprint density at radius 1 is 1.60 bits per heavy atom. The number of aromatic nitrogens is 3. The molecule has 15 heavy (non-hydrogen) atoms. The number of hydrogen-bond acceptors (Lipinski definition) is 4. The minimum absolute atomic E-state index is 0.311. The highest BCUT2D eigenvalue weighted by Crippen LogP contribution is 2.07. The lowest BCUT2D eigenvalue weighted by Crippen LogP contribution is -2.21. The minimum Gasteiger partial charge on any atom is -0.308 e. The van der Waals surface area contributed by atoms with Gasteiger partial charge in [-0.2, -0.15) is 5.10 Å². The first kappa shape index (κ1) is 10.3. The Balaban J connectivity index is 1.74. The normalized spacial score (nSPS) is 12.9. The molecule has 1 unspecified atom stereocenters. The lowest BCUT2D eigenvalue weighted by molar-refractivity contribution is 0.561. The standard InChI is InChI=1S/C10H14N4S/c1-8(10-3-5-13-14-10)11-4-2-9-6-15-7-12-9/h3,5-8,11H,2,4H2,1H3,(H,13,14). The summed E-state index contributed by atoms with van der Waals surface area (Å²) in [7, 11) is 0. The fourth-order valence-electron chi connectivity index (χ4n) is 1.40. The number of nitrogens with one attached hydrogen (secondary N) is 2. The van der Waals surface area contributed by atoms with Crippen molar-refractivity contribution in [2.75, 3.05) is 6.54 Å². The van der Waals surface area contributed by atoms with E-state index in [1.54, 1.807) is 17.5 Å². The number of H-pyrrole nitrogens is 1. The van der Waals surface area contributed by atoms with Crippen LogP contribution in [0.25, 0.3) is 0 Å². The number of hydrogen-bond donors (Lipinski definition) is 2. The van der Waals surface area contributed by atoms with Crippen LogP contribution in [0.15, 0.2) is 23.2 Å². The van der Waals surface area contributed by atoms with Crippen molar-refractivity contribution in [3.63, 3.8) is 0 Å². The van der Waals surface area contributed by atoms with E-state index in [0.29, 0.717) is 6.04 Å². The van der Waals surface area contributed by atoms with Gasteiger partial charge in [0, 0.05) is 30.6 Å². The summed E-state index contributed by atoms with van der Waals surface area (Å²) < 4.78 is 0. The SMILES string of the molecule is CC(NCCc1cscn1)c1ccn[nH]1. The molecule has 0 bridgehead atoms. The van der Waals surface area contributed by atoms with Crippen LogP contribution in [-0.2, 0) is 6.42 Å². The van der Waals surface area contributed by atoms with Gasteiger partial charge in [0.15, 0.2) is 0 Å². The summed E-state index contributed by atoms with van der Waals surface area (Å²) in [5, 5.41) is 12.4. The molecule has 5 heteroatoms. The first-order valence-corrected chi connectivity index (χ1v) is 5.90. The van der Waals surface area contributed by atoms with Gasteiger partial charge in [-0.25, -0.2) is 4.98 Å². The Hall–Kier alpha value is -1.20. The van der Waals surface area contributed by atoms with Crippen LogP contribution in [0, 0.1) is 0 Å². The van der Waals surface area contributed by atoms with E-state index < -0.39 is 0 Å². The van der Waals surface area contributed by atoms with E-state index in [9.17, 15) is 0 Å². The third-order valence-electron chi connectivity index (χ3n) is 2.30. The van der Waals surface area contributed by atoms with Gasteiger partial charge in [-0.3, -0.25) is 5.10 Å². The molecular formula is C10H14N4S. The van der Waals surface area contributed by atoms with Crippen molar-refractivity contribution >= 4 is 11.3 Å². The van der Waals surface area contributed by atoms with Gasteiger partial charge >= 0.3 is 0 Å². The topological polar surface area (TPSA) is 53.6 Å². The fraction of sp³-hybridized carbons (Fsp3) is 0.400. The molecule has 0 amide bonds. The van der Waals surface area contributed by atoms with E-state index in [0.717, 1.165) is 24.4 Å². The van der Waals surface area contributed by atoms with Crippen LogP contribution in [-0.4, -0.2) is 21.7 Å². The molecule has 2 N–H and O–H groups in total. The molecule has 4 nitrogen and oxygen atoms in total. The van der Waals surface area contributed by atoms with Crippen molar-refractivity contribution in [1.29, 1.82) is 0 Å². The molecule has 2 aromatic heterocycles. The summed E-state index contributed by atoms with van der Waals surface area (Å²) in [6.07, 6.45) is 2.75. The second-order valence-corrected chi connectivity index (χ2v) is 4.14. The van der Waals surface area contributed by atoms with E-state index in [1.807, 2.05) is 11.6 Å². The second-order valence-electron chi connectivity index (χ2n) is 3.42. The summed E-state index contributed by atoms with van der Waals surface area (Å²) in [5.74, 6) is 0. The average Bonchev–Trinajstić information content (AvgIpc) is 2.90. The Kier molecular flexibility index (Phi) is 3.47. The smallest absolute Gasteiger partial charge is 0.0794 e. The predicted octanol–water partition coefficient (Wildman–Crippen LogP) is 1.76. The molecule has 0 saturated carbocycles. The van der Waals surface area contributed by atoms with Crippen LogP contribution in [0.2, 0.25) is 0 Å². The Morgan fingerprint density at radius 3 is 3.20 bits per heavy atom. The number of aromatic amines is 1. The van der Waals surface area contributed by atoms with E-state index in [-0.39, 0.29) is 0 Å². The molecule has 80 valence electrons. The fourth-order valence-corrected chi connectivity index (χ4v) is 1.99. The average molecular weight is 222 g/mol. The molecule has 2 aromatic rings. The molecule has 2 heterocycles. The summed E-state index contributed by atoms with van der Waals surface area (Å²) >= 11 is 1.64. The Bertz CT molecular complexity index is 368. The summed E-state index contributed by atoms with van der Waals surface area (Å²) in [6, 6.07) is 2.30. The van der Waals surface area contributed by atoms with Gasteiger partial charge in [0.25, 0.3) is 0 Å². The van der Waals surface area contributed by atoms with Crippen molar-refractivity contribution in [2.24, 2.45) is 0 Å². The maximum Gasteiger partial charge on any atom is 0.0794 e. The molecule has 0 spiro atoms. The summed E-state index contributed by atoms with van der Waals surface area (Å²) in [6.45, 7) is 3.05.